The van der Waals surface area contributed by atoms with Crippen LogP contribution in [0.3, 0.4) is 0 Å². The first-order valence-electron chi connectivity index (χ1n) is 4.11. The van der Waals surface area contributed by atoms with Gasteiger partial charge in [-0.1, -0.05) is 0 Å². The average Bonchev–Trinajstić information content (AvgIpc) is 2.54. The minimum absolute atomic E-state index is 0.309. The Morgan fingerprint density at radius 1 is 1.14 bits per heavy atom. The van der Waals surface area contributed by atoms with Gasteiger partial charge >= 0.3 is 5.69 Å². The van der Waals surface area contributed by atoms with Crippen molar-refractivity contribution in [1.29, 1.82) is 0 Å². The van der Waals surface area contributed by atoms with E-state index in [0.717, 1.165) is 4.57 Å². The Hall–Kier alpha value is -1.85. The maximum Gasteiger partial charge on any atom is 0.332 e. The van der Waals surface area contributed by atoms with Crippen molar-refractivity contribution in [2.75, 3.05) is 0 Å². The number of rotatable bonds is 0. The number of aromatic nitrogens is 4. The van der Waals surface area contributed by atoms with Crippen LogP contribution in [0.2, 0.25) is 0 Å². The minimum atomic E-state index is -0.360. The predicted octanol–water partition coefficient (Wildman–Crippen LogP) is -1.03. The lowest BCUT2D eigenvalue weighted by Crippen LogP contribution is -2.36. The lowest BCUT2D eigenvalue weighted by atomic mass is 10.4. The van der Waals surface area contributed by atoms with Gasteiger partial charge in [-0.05, 0) is 0 Å². The van der Waals surface area contributed by atoms with Crippen molar-refractivity contribution in [2.45, 2.75) is 0 Å². The van der Waals surface area contributed by atoms with Gasteiger partial charge in [-0.15, -0.1) is 0 Å². The molecule has 14 heavy (non-hydrogen) atoms. The molecule has 0 unspecified atom stereocenters. The fourth-order valence-corrected chi connectivity index (χ4v) is 1.46. The Kier molecular flexibility index (Phi) is 1.60. The zero-order valence-corrected chi connectivity index (χ0v) is 8.18. The molecule has 6 nitrogen and oxygen atoms in total. The quantitative estimate of drug-likeness (QED) is 0.538. The molecule has 0 fully saturated rings. The van der Waals surface area contributed by atoms with Gasteiger partial charge in [0.15, 0.2) is 5.65 Å². The van der Waals surface area contributed by atoms with Gasteiger partial charge < -0.3 is 0 Å². The highest BCUT2D eigenvalue weighted by Crippen LogP contribution is 2.01. The fourth-order valence-electron chi connectivity index (χ4n) is 1.46. The third-order valence-corrected chi connectivity index (χ3v) is 2.24. The third-order valence-electron chi connectivity index (χ3n) is 2.24. The van der Waals surface area contributed by atoms with Crippen LogP contribution in [0.1, 0.15) is 0 Å². The van der Waals surface area contributed by atoms with Gasteiger partial charge in [0.1, 0.15) is 5.39 Å². The van der Waals surface area contributed by atoms with Crippen molar-refractivity contribution in [1.82, 2.24) is 18.9 Å². The number of nitrogens with zero attached hydrogens (tertiary/aromatic N) is 4. The molecule has 74 valence electrons. The summed E-state index contributed by atoms with van der Waals surface area (Å²) in [5.74, 6) is 0. The summed E-state index contributed by atoms with van der Waals surface area (Å²) in [5, 5.41) is 4.50. The van der Waals surface area contributed by atoms with Gasteiger partial charge in [-0.3, -0.25) is 18.6 Å². The number of hydrogen-bond acceptors (Lipinski definition) is 3. The normalized spacial score (nSPS) is 11.1. The van der Waals surface area contributed by atoms with Gasteiger partial charge in [-0.2, -0.15) is 5.10 Å². The van der Waals surface area contributed by atoms with Crippen LogP contribution in [-0.2, 0) is 21.1 Å². The van der Waals surface area contributed by atoms with Crippen molar-refractivity contribution in [3.05, 3.63) is 27.0 Å². The van der Waals surface area contributed by atoms with E-state index in [1.807, 2.05) is 0 Å². The van der Waals surface area contributed by atoms with Crippen molar-refractivity contribution < 1.29 is 0 Å². The highest BCUT2D eigenvalue weighted by atomic mass is 16.2. The van der Waals surface area contributed by atoms with E-state index in [1.165, 1.54) is 16.3 Å². The zero-order chi connectivity index (χ0) is 10.5. The molecule has 0 spiro atoms. The van der Waals surface area contributed by atoms with Crippen LogP contribution < -0.4 is 11.2 Å². The van der Waals surface area contributed by atoms with E-state index < -0.39 is 0 Å². The van der Waals surface area contributed by atoms with E-state index in [9.17, 15) is 9.59 Å². The molecule has 2 aromatic rings. The van der Waals surface area contributed by atoms with Crippen molar-refractivity contribution in [2.24, 2.45) is 21.1 Å². The fraction of sp³-hybridized carbons (Fsp3) is 0.375. The maximum absolute atomic E-state index is 11.6. The van der Waals surface area contributed by atoms with Crippen molar-refractivity contribution >= 4 is 11.0 Å². The van der Waals surface area contributed by atoms with Crippen LogP contribution in [-0.4, -0.2) is 18.9 Å². The average molecular weight is 194 g/mol. The standard InChI is InChI=1S/C8H10N4O2/c1-10-4-5-6(9-10)11(2)8(14)12(3)7(5)13/h4H,1-3H3. The molecular formula is C8H10N4O2. The van der Waals surface area contributed by atoms with Crippen molar-refractivity contribution in [3.8, 4) is 0 Å². The Labute approximate surface area is 79.0 Å². The monoisotopic (exact) mass is 194 g/mol. The molecule has 0 aliphatic rings. The third kappa shape index (κ3) is 0.935. The summed E-state index contributed by atoms with van der Waals surface area (Å²) in [6, 6.07) is 0. The molecule has 6 heteroatoms. The summed E-state index contributed by atoms with van der Waals surface area (Å²) < 4.78 is 3.95. The molecule has 0 N–H and O–H groups in total. The number of fused-ring (bicyclic) bond motifs is 1. The molecule has 0 aromatic carbocycles. The predicted molar refractivity (Wildman–Crippen MR) is 51.2 cm³/mol. The van der Waals surface area contributed by atoms with E-state index in [4.69, 9.17) is 0 Å². The summed E-state index contributed by atoms with van der Waals surface area (Å²) in [7, 11) is 4.76. The topological polar surface area (TPSA) is 61.8 Å². The summed E-state index contributed by atoms with van der Waals surface area (Å²) in [6.45, 7) is 0. The van der Waals surface area contributed by atoms with Gasteiger partial charge in [0.25, 0.3) is 5.56 Å². The Morgan fingerprint density at radius 2 is 1.79 bits per heavy atom. The molecule has 2 aromatic heterocycles. The van der Waals surface area contributed by atoms with E-state index >= 15 is 0 Å². The second-order valence-corrected chi connectivity index (χ2v) is 3.25. The molecule has 0 radical (unpaired) electrons. The van der Waals surface area contributed by atoms with Crippen LogP contribution >= 0.6 is 0 Å². The molecule has 0 saturated carbocycles. The largest absolute Gasteiger partial charge is 0.332 e. The summed E-state index contributed by atoms with van der Waals surface area (Å²) in [4.78, 5) is 23.1. The Balaban J connectivity index is 3.17. The molecule has 0 aliphatic carbocycles. The molecule has 0 aliphatic heterocycles. The van der Waals surface area contributed by atoms with E-state index in [-0.39, 0.29) is 11.2 Å². The minimum Gasteiger partial charge on any atom is -0.279 e. The second-order valence-electron chi connectivity index (χ2n) is 3.25. The van der Waals surface area contributed by atoms with Crippen LogP contribution in [0.5, 0.6) is 0 Å². The highest BCUT2D eigenvalue weighted by Gasteiger charge is 2.10. The van der Waals surface area contributed by atoms with Gasteiger partial charge in [0.2, 0.25) is 0 Å². The summed E-state index contributed by atoms with van der Waals surface area (Å²) >= 11 is 0. The molecule has 0 amide bonds. The second kappa shape index (κ2) is 2.57. The van der Waals surface area contributed by atoms with Gasteiger partial charge in [-0.25, -0.2) is 4.79 Å². The number of aryl methyl sites for hydroxylation is 2. The lowest BCUT2D eigenvalue weighted by molar-refractivity contribution is 0.699. The van der Waals surface area contributed by atoms with E-state index in [1.54, 1.807) is 20.3 Å². The Morgan fingerprint density at radius 3 is 2.43 bits per heavy atom. The lowest BCUT2D eigenvalue weighted by Gasteiger charge is -2.00. The molecule has 0 atom stereocenters. The van der Waals surface area contributed by atoms with Crippen molar-refractivity contribution in [3.63, 3.8) is 0 Å². The molecule has 0 saturated heterocycles. The van der Waals surface area contributed by atoms with Gasteiger partial charge in [0.05, 0.1) is 0 Å². The first kappa shape index (κ1) is 8.74. The molecule has 2 rings (SSSR count). The zero-order valence-electron chi connectivity index (χ0n) is 8.18. The van der Waals surface area contributed by atoms with Crippen LogP contribution in [0.25, 0.3) is 11.0 Å². The number of hydrogen-bond donors (Lipinski definition) is 0. The summed E-state index contributed by atoms with van der Waals surface area (Å²) in [6.07, 6.45) is 1.61. The summed E-state index contributed by atoms with van der Waals surface area (Å²) in [5.41, 5.74) is -0.252. The first-order chi connectivity index (χ1) is 6.52. The van der Waals surface area contributed by atoms with Gasteiger partial charge in [0, 0.05) is 27.3 Å². The Bertz CT molecular complexity index is 617. The van der Waals surface area contributed by atoms with E-state index in [0.29, 0.717) is 11.0 Å². The molecular weight excluding hydrogens is 184 g/mol. The SMILES string of the molecule is Cn1cc2c(=O)n(C)c(=O)n(C)c2n1. The van der Waals surface area contributed by atoms with Crippen LogP contribution in [0.15, 0.2) is 15.8 Å². The van der Waals surface area contributed by atoms with E-state index in [2.05, 4.69) is 5.10 Å². The first-order valence-corrected chi connectivity index (χ1v) is 4.11. The highest BCUT2D eigenvalue weighted by molar-refractivity contribution is 5.72. The maximum atomic E-state index is 11.6. The smallest absolute Gasteiger partial charge is 0.279 e. The van der Waals surface area contributed by atoms with Crippen LogP contribution in [0.4, 0.5) is 0 Å². The van der Waals surface area contributed by atoms with Crippen LogP contribution in [0, 0.1) is 0 Å². The molecule has 0 bridgehead atoms. The molecule has 2 heterocycles.